The van der Waals surface area contributed by atoms with E-state index >= 15 is 0 Å². The van der Waals surface area contributed by atoms with E-state index in [1.807, 2.05) is 39.0 Å². The highest BCUT2D eigenvalue weighted by Crippen LogP contribution is 2.28. The Hall–Kier alpha value is -2.10. The molecule has 106 valence electrons. The summed E-state index contributed by atoms with van der Waals surface area (Å²) in [6.07, 6.45) is 0. The van der Waals surface area contributed by atoms with Gasteiger partial charge in [0.1, 0.15) is 11.6 Å². The molecule has 0 radical (unpaired) electrons. The number of anilines is 1. The normalized spacial score (nSPS) is 10.9. The second-order valence-electron chi connectivity index (χ2n) is 5.44. The molecule has 0 spiro atoms. The molecule has 2 rings (SSSR count). The summed E-state index contributed by atoms with van der Waals surface area (Å²) in [6, 6.07) is 5.70. The third-order valence-corrected chi connectivity index (χ3v) is 3.14. The first-order chi connectivity index (χ1) is 9.36. The van der Waals surface area contributed by atoms with Gasteiger partial charge < -0.3 is 10.5 Å². The van der Waals surface area contributed by atoms with E-state index in [1.54, 1.807) is 0 Å². The Morgan fingerprint density at radius 2 is 1.70 bits per heavy atom. The standard InChI is InChI=1S/C16H21N3O/c1-9(2)16-18-12(5)8-15(19-16)20-14-7-10(3)13(17)6-11(14)4/h6-9H,17H2,1-5H3. The first-order valence-corrected chi connectivity index (χ1v) is 6.77. The van der Waals surface area contributed by atoms with Gasteiger partial charge in [-0.2, -0.15) is 4.98 Å². The minimum Gasteiger partial charge on any atom is -0.439 e. The molecule has 0 aliphatic rings. The van der Waals surface area contributed by atoms with Crippen molar-refractivity contribution in [3.05, 3.63) is 40.8 Å². The minimum atomic E-state index is 0.270. The van der Waals surface area contributed by atoms with Gasteiger partial charge in [0.05, 0.1) is 0 Å². The summed E-state index contributed by atoms with van der Waals surface area (Å²) in [5.74, 6) is 2.43. The van der Waals surface area contributed by atoms with Crippen LogP contribution in [0.2, 0.25) is 0 Å². The lowest BCUT2D eigenvalue weighted by atomic mass is 10.1. The molecule has 0 atom stereocenters. The van der Waals surface area contributed by atoms with E-state index in [9.17, 15) is 0 Å². The zero-order valence-electron chi connectivity index (χ0n) is 12.7. The third kappa shape index (κ3) is 3.07. The molecule has 0 fully saturated rings. The molecular weight excluding hydrogens is 250 g/mol. The van der Waals surface area contributed by atoms with Crippen molar-refractivity contribution in [2.45, 2.75) is 40.5 Å². The summed E-state index contributed by atoms with van der Waals surface area (Å²) >= 11 is 0. The Labute approximate surface area is 120 Å². The molecule has 0 saturated heterocycles. The Morgan fingerprint density at radius 1 is 1.00 bits per heavy atom. The van der Waals surface area contributed by atoms with Gasteiger partial charge in [0.15, 0.2) is 0 Å². The van der Waals surface area contributed by atoms with Crippen molar-refractivity contribution >= 4 is 5.69 Å². The second kappa shape index (κ2) is 5.49. The summed E-state index contributed by atoms with van der Waals surface area (Å²) in [5.41, 5.74) is 9.57. The van der Waals surface area contributed by atoms with Crippen molar-refractivity contribution in [2.75, 3.05) is 5.73 Å². The van der Waals surface area contributed by atoms with E-state index in [-0.39, 0.29) is 5.92 Å². The van der Waals surface area contributed by atoms with Crippen LogP contribution in [0.4, 0.5) is 5.69 Å². The number of aryl methyl sites for hydroxylation is 3. The van der Waals surface area contributed by atoms with E-state index in [1.165, 1.54) is 0 Å². The van der Waals surface area contributed by atoms with Gasteiger partial charge in [-0.3, -0.25) is 0 Å². The SMILES string of the molecule is Cc1cc(Oc2cc(C)c(N)cc2C)nc(C(C)C)n1. The molecule has 4 heteroatoms. The third-order valence-electron chi connectivity index (χ3n) is 3.14. The summed E-state index contributed by atoms with van der Waals surface area (Å²) in [4.78, 5) is 8.87. The number of nitrogens with zero attached hydrogens (tertiary/aromatic N) is 2. The van der Waals surface area contributed by atoms with Gasteiger partial charge in [0, 0.05) is 23.4 Å². The number of benzene rings is 1. The fourth-order valence-corrected chi connectivity index (χ4v) is 1.91. The number of ether oxygens (including phenoxy) is 1. The molecule has 2 N–H and O–H groups in total. The Kier molecular flexibility index (Phi) is 3.93. The van der Waals surface area contributed by atoms with Crippen LogP contribution in [0.5, 0.6) is 11.6 Å². The Bertz CT molecular complexity index is 636. The van der Waals surface area contributed by atoms with Crippen molar-refractivity contribution < 1.29 is 4.74 Å². The fraction of sp³-hybridized carbons (Fsp3) is 0.375. The average molecular weight is 271 g/mol. The number of aromatic nitrogens is 2. The smallest absolute Gasteiger partial charge is 0.222 e. The Morgan fingerprint density at radius 3 is 2.35 bits per heavy atom. The van der Waals surface area contributed by atoms with Crippen LogP contribution in [0.15, 0.2) is 18.2 Å². The lowest BCUT2D eigenvalue weighted by Crippen LogP contribution is -2.02. The van der Waals surface area contributed by atoms with E-state index in [0.717, 1.165) is 34.1 Å². The molecule has 20 heavy (non-hydrogen) atoms. The molecule has 0 aliphatic carbocycles. The van der Waals surface area contributed by atoms with Gasteiger partial charge in [-0.25, -0.2) is 4.98 Å². The Balaban J connectivity index is 2.37. The van der Waals surface area contributed by atoms with Crippen molar-refractivity contribution in [3.63, 3.8) is 0 Å². The number of rotatable bonds is 3. The molecule has 2 aromatic rings. The molecule has 0 unspecified atom stereocenters. The van der Waals surface area contributed by atoms with E-state index in [0.29, 0.717) is 5.88 Å². The van der Waals surface area contributed by atoms with Crippen molar-refractivity contribution in [1.29, 1.82) is 0 Å². The predicted octanol–water partition coefficient (Wildman–Crippen LogP) is 3.90. The number of hydrogen-bond donors (Lipinski definition) is 1. The molecule has 1 aromatic carbocycles. The zero-order valence-corrected chi connectivity index (χ0v) is 12.7. The lowest BCUT2D eigenvalue weighted by molar-refractivity contribution is 0.452. The maximum absolute atomic E-state index is 5.91. The average Bonchev–Trinajstić information content (AvgIpc) is 2.35. The first-order valence-electron chi connectivity index (χ1n) is 6.77. The maximum atomic E-state index is 5.91. The van der Waals surface area contributed by atoms with Crippen molar-refractivity contribution in [1.82, 2.24) is 9.97 Å². The van der Waals surface area contributed by atoms with Crippen molar-refractivity contribution in [2.24, 2.45) is 0 Å². The van der Waals surface area contributed by atoms with Gasteiger partial charge >= 0.3 is 0 Å². The van der Waals surface area contributed by atoms with Gasteiger partial charge in [0.25, 0.3) is 0 Å². The van der Waals surface area contributed by atoms with Gasteiger partial charge in [0.2, 0.25) is 5.88 Å². The van der Waals surface area contributed by atoms with Crippen molar-refractivity contribution in [3.8, 4) is 11.6 Å². The number of nitrogens with two attached hydrogens (primary N) is 1. The van der Waals surface area contributed by atoms with Crippen LogP contribution in [-0.4, -0.2) is 9.97 Å². The highest BCUT2D eigenvalue weighted by atomic mass is 16.5. The molecular formula is C16H21N3O. The molecule has 1 heterocycles. The van der Waals surface area contributed by atoms with E-state index < -0.39 is 0 Å². The lowest BCUT2D eigenvalue weighted by Gasteiger charge is -2.12. The maximum Gasteiger partial charge on any atom is 0.222 e. The number of nitrogen functional groups attached to an aromatic ring is 1. The molecule has 1 aromatic heterocycles. The van der Waals surface area contributed by atoms with Gasteiger partial charge in [-0.05, 0) is 44.0 Å². The summed E-state index contributed by atoms with van der Waals surface area (Å²) in [7, 11) is 0. The van der Waals surface area contributed by atoms with Gasteiger partial charge in [-0.15, -0.1) is 0 Å². The largest absolute Gasteiger partial charge is 0.439 e. The van der Waals surface area contributed by atoms with Crippen LogP contribution >= 0.6 is 0 Å². The van der Waals surface area contributed by atoms with Crippen LogP contribution in [0.25, 0.3) is 0 Å². The monoisotopic (exact) mass is 271 g/mol. The minimum absolute atomic E-state index is 0.270. The van der Waals surface area contributed by atoms with Crippen LogP contribution in [0.1, 0.15) is 42.4 Å². The molecule has 0 aliphatic heterocycles. The molecule has 4 nitrogen and oxygen atoms in total. The van der Waals surface area contributed by atoms with E-state index in [2.05, 4.69) is 23.8 Å². The molecule has 0 saturated carbocycles. The van der Waals surface area contributed by atoms with Crippen LogP contribution < -0.4 is 10.5 Å². The van der Waals surface area contributed by atoms with E-state index in [4.69, 9.17) is 10.5 Å². The fourth-order valence-electron chi connectivity index (χ4n) is 1.91. The van der Waals surface area contributed by atoms with Crippen LogP contribution in [0.3, 0.4) is 0 Å². The second-order valence-corrected chi connectivity index (χ2v) is 5.44. The zero-order chi connectivity index (χ0) is 14.9. The van der Waals surface area contributed by atoms with Gasteiger partial charge in [-0.1, -0.05) is 13.8 Å². The van der Waals surface area contributed by atoms with Crippen LogP contribution in [0, 0.1) is 20.8 Å². The first kappa shape index (κ1) is 14.3. The van der Waals surface area contributed by atoms with Crippen LogP contribution in [-0.2, 0) is 0 Å². The molecule has 0 bridgehead atoms. The summed E-state index contributed by atoms with van der Waals surface area (Å²) in [5, 5.41) is 0. The summed E-state index contributed by atoms with van der Waals surface area (Å²) in [6.45, 7) is 10.0. The summed E-state index contributed by atoms with van der Waals surface area (Å²) < 4.78 is 5.91. The highest BCUT2D eigenvalue weighted by Gasteiger charge is 2.10. The highest BCUT2D eigenvalue weighted by molar-refractivity contribution is 5.54. The predicted molar refractivity (Wildman–Crippen MR) is 81.3 cm³/mol. The number of hydrogen-bond acceptors (Lipinski definition) is 4. The topological polar surface area (TPSA) is 61.0 Å². The quantitative estimate of drug-likeness (QED) is 0.860. The molecule has 0 amide bonds.